The number of benzene rings is 1. The van der Waals surface area contributed by atoms with E-state index < -0.39 is 30.0 Å². The molecule has 0 radical (unpaired) electrons. The molecule has 2 aromatic heterocycles. The van der Waals surface area contributed by atoms with Crippen molar-refractivity contribution in [2.24, 2.45) is 0 Å². The third kappa shape index (κ3) is 2.47. The molecule has 0 saturated heterocycles. The Morgan fingerprint density at radius 2 is 2.15 bits per heavy atom. The summed E-state index contributed by atoms with van der Waals surface area (Å²) in [7, 11) is 0. The van der Waals surface area contributed by atoms with E-state index in [1.807, 2.05) is 0 Å². The molecule has 0 unspecified atom stereocenters. The number of imidazole rings is 1. The normalized spacial score (nSPS) is 17.2. The van der Waals surface area contributed by atoms with Crippen LogP contribution in [0, 0.1) is 18.6 Å². The highest BCUT2D eigenvalue weighted by Gasteiger charge is 2.40. The monoisotopic (exact) mass is 384 g/mol. The highest BCUT2D eigenvalue weighted by atomic mass is 32.1. The van der Waals surface area contributed by atoms with Crippen LogP contribution in [0.2, 0.25) is 0 Å². The van der Waals surface area contributed by atoms with Crippen molar-refractivity contribution in [3.63, 3.8) is 0 Å². The van der Waals surface area contributed by atoms with E-state index in [0.717, 1.165) is 16.2 Å². The number of aryl methyl sites for hydroxylation is 1. The minimum atomic E-state index is -2.81. The lowest BCUT2D eigenvalue weighted by molar-refractivity contribution is 0.0170. The zero-order valence-corrected chi connectivity index (χ0v) is 14.2. The molecule has 0 bridgehead atoms. The van der Waals surface area contributed by atoms with E-state index in [1.54, 1.807) is 0 Å². The van der Waals surface area contributed by atoms with Crippen LogP contribution in [0.5, 0.6) is 0 Å². The second-order valence-corrected chi connectivity index (χ2v) is 6.85. The number of H-pyrrole nitrogens is 1. The number of nitrogens with zero attached hydrogens (tertiary/aromatic N) is 3. The summed E-state index contributed by atoms with van der Waals surface area (Å²) in [6, 6.07) is -0.756. The average molecular weight is 384 g/mol. The van der Waals surface area contributed by atoms with Crippen LogP contribution in [0.25, 0.3) is 11.0 Å². The number of alkyl halides is 2. The van der Waals surface area contributed by atoms with Gasteiger partial charge in [0, 0.05) is 24.6 Å². The first-order valence-electron chi connectivity index (χ1n) is 7.74. The van der Waals surface area contributed by atoms with E-state index in [0.29, 0.717) is 23.1 Å². The van der Waals surface area contributed by atoms with Crippen LogP contribution in [-0.4, -0.2) is 38.7 Å². The third-order valence-electron chi connectivity index (χ3n) is 4.49. The van der Waals surface area contributed by atoms with Gasteiger partial charge in [-0.2, -0.15) is 0 Å². The SMILES string of the molecule is Cc1c(F)cc(F)c2nc(C(=O)N3CCc4ncsc4[C@H]3C(F)F)[nH]c12. The number of aromatic nitrogens is 3. The van der Waals surface area contributed by atoms with Gasteiger partial charge in [0.25, 0.3) is 12.3 Å². The predicted molar refractivity (Wildman–Crippen MR) is 86.3 cm³/mol. The smallest absolute Gasteiger partial charge is 0.290 e. The number of amides is 1. The molecule has 0 spiro atoms. The molecule has 5 nitrogen and oxygen atoms in total. The standard InChI is InChI=1S/C16H12F4N4OS/c1-6-7(17)4-8(18)11-10(6)22-15(23-11)16(25)24-3-2-9-13(26-5-21-9)12(24)14(19)20/h4-5,12,14H,2-3H2,1H3,(H,22,23)/t12-/m0/s1. The lowest BCUT2D eigenvalue weighted by Gasteiger charge is -2.33. The zero-order chi connectivity index (χ0) is 18.6. The van der Waals surface area contributed by atoms with Crippen molar-refractivity contribution in [2.75, 3.05) is 6.54 Å². The van der Waals surface area contributed by atoms with Gasteiger partial charge in [-0.05, 0) is 6.92 Å². The molecule has 3 heterocycles. The molecule has 1 atom stereocenters. The van der Waals surface area contributed by atoms with Crippen LogP contribution >= 0.6 is 11.3 Å². The van der Waals surface area contributed by atoms with Gasteiger partial charge in [0.05, 0.1) is 21.6 Å². The molecule has 10 heteroatoms. The summed E-state index contributed by atoms with van der Waals surface area (Å²) in [5.41, 5.74) is 1.96. The highest BCUT2D eigenvalue weighted by molar-refractivity contribution is 7.09. The van der Waals surface area contributed by atoms with E-state index in [9.17, 15) is 22.4 Å². The van der Waals surface area contributed by atoms with Gasteiger partial charge in [-0.25, -0.2) is 27.5 Å². The van der Waals surface area contributed by atoms with Crippen LogP contribution in [0.4, 0.5) is 17.6 Å². The van der Waals surface area contributed by atoms with Gasteiger partial charge in [0.2, 0.25) is 0 Å². The molecular weight excluding hydrogens is 372 g/mol. The van der Waals surface area contributed by atoms with E-state index in [1.165, 1.54) is 12.4 Å². The number of carbonyl (C=O) groups excluding carboxylic acids is 1. The Bertz CT molecular complexity index is 1020. The second kappa shape index (κ2) is 6.04. The van der Waals surface area contributed by atoms with Crippen molar-refractivity contribution in [3.05, 3.63) is 45.2 Å². The van der Waals surface area contributed by atoms with Gasteiger partial charge in [-0.15, -0.1) is 11.3 Å². The average Bonchev–Trinajstić information content (AvgIpc) is 3.25. The predicted octanol–water partition coefficient (Wildman–Crippen LogP) is 3.61. The van der Waals surface area contributed by atoms with E-state index >= 15 is 0 Å². The minimum absolute atomic E-state index is 0.0370. The summed E-state index contributed by atoms with van der Waals surface area (Å²) >= 11 is 1.06. The number of halogens is 4. The fourth-order valence-corrected chi connectivity index (χ4v) is 4.11. The van der Waals surface area contributed by atoms with Gasteiger partial charge in [-0.1, -0.05) is 0 Å². The molecule has 4 rings (SSSR count). The molecule has 1 aromatic carbocycles. The van der Waals surface area contributed by atoms with E-state index in [-0.39, 0.29) is 29.0 Å². The quantitative estimate of drug-likeness (QED) is 0.687. The van der Waals surface area contributed by atoms with Crippen LogP contribution in [-0.2, 0) is 6.42 Å². The second-order valence-electron chi connectivity index (χ2n) is 5.97. The number of carbonyl (C=O) groups is 1. The molecule has 0 saturated carbocycles. The molecule has 1 N–H and O–H groups in total. The molecular formula is C16H12F4N4OS. The summed E-state index contributed by atoms with van der Waals surface area (Å²) < 4.78 is 54.9. The number of thiazole rings is 1. The molecule has 1 aliphatic heterocycles. The Hall–Kier alpha value is -2.49. The summed E-state index contributed by atoms with van der Waals surface area (Å²) in [6.07, 6.45) is -2.46. The number of nitrogens with one attached hydrogen (secondary N) is 1. The first-order chi connectivity index (χ1) is 12.4. The molecule has 1 aliphatic rings. The fraction of sp³-hybridized carbons (Fsp3) is 0.312. The summed E-state index contributed by atoms with van der Waals surface area (Å²) in [5, 5.41) is 0. The Morgan fingerprint density at radius 3 is 2.88 bits per heavy atom. The van der Waals surface area contributed by atoms with Crippen molar-refractivity contribution in [2.45, 2.75) is 25.8 Å². The topological polar surface area (TPSA) is 61.9 Å². The number of hydrogen-bond acceptors (Lipinski definition) is 4. The summed E-state index contributed by atoms with van der Waals surface area (Å²) in [6.45, 7) is 1.45. The third-order valence-corrected chi connectivity index (χ3v) is 5.43. The number of hydrogen-bond donors (Lipinski definition) is 1. The molecule has 0 fully saturated rings. The summed E-state index contributed by atoms with van der Waals surface area (Å²) in [4.78, 5) is 24.7. The first kappa shape index (κ1) is 17.0. The van der Waals surface area contributed by atoms with Gasteiger partial charge < -0.3 is 9.88 Å². The van der Waals surface area contributed by atoms with Crippen molar-refractivity contribution < 1.29 is 22.4 Å². The lowest BCUT2D eigenvalue weighted by Crippen LogP contribution is -2.43. The van der Waals surface area contributed by atoms with E-state index in [2.05, 4.69) is 15.0 Å². The number of fused-ring (bicyclic) bond motifs is 2. The van der Waals surface area contributed by atoms with Crippen LogP contribution in [0.3, 0.4) is 0 Å². The largest absolute Gasteiger partial charge is 0.333 e. The molecule has 3 aromatic rings. The van der Waals surface area contributed by atoms with Crippen molar-refractivity contribution in [1.82, 2.24) is 19.9 Å². The Balaban J connectivity index is 1.77. The van der Waals surface area contributed by atoms with Gasteiger partial charge in [-0.3, -0.25) is 4.79 Å². The Morgan fingerprint density at radius 1 is 1.38 bits per heavy atom. The molecule has 26 heavy (non-hydrogen) atoms. The number of aromatic amines is 1. The zero-order valence-electron chi connectivity index (χ0n) is 13.4. The summed E-state index contributed by atoms with van der Waals surface area (Å²) in [5.74, 6) is -2.79. The van der Waals surface area contributed by atoms with E-state index in [4.69, 9.17) is 0 Å². The maximum atomic E-state index is 13.9. The van der Waals surface area contributed by atoms with Crippen LogP contribution in [0.1, 0.15) is 32.8 Å². The maximum Gasteiger partial charge on any atom is 0.290 e. The number of rotatable bonds is 2. The highest BCUT2D eigenvalue weighted by Crippen LogP contribution is 2.37. The van der Waals surface area contributed by atoms with Crippen LogP contribution in [0.15, 0.2) is 11.6 Å². The molecule has 136 valence electrons. The van der Waals surface area contributed by atoms with Gasteiger partial charge in [0.1, 0.15) is 17.4 Å². The molecule has 0 aliphatic carbocycles. The van der Waals surface area contributed by atoms with Gasteiger partial charge >= 0.3 is 0 Å². The minimum Gasteiger partial charge on any atom is -0.333 e. The Kier molecular flexibility index (Phi) is 3.94. The van der Waals surface area contributed by atoms with Crippen molar-refractivity contribution in [1.29, 1.82) is 0 Å². The lowest BCUT2D eigenvalue weighted by atomic mass is 10.1. The van der Waals surface area contributed by atoms with Crippen LogP contribution < -0.4 is 0 Å². The Labute approximate surface area is 148 Å². The van der Waals surface area contributed by atoms with Crippen molar-refractivity contribution >= 4 is 28.3 Å². The molecule has 1 amide bonds. The first-order valence-corrected chi connectivity index (χ1v) is 8.62. The van der Waals surface area contributed by atoms with Crippen molar-refractivity contribution in [3.8, 4) is 0 Å². The fourth-order valence-electron chi connectivity index (χ4n) is 3.15. The maximum absolute atomic E-state index is 13.9. The van der Waals surface area contributed by atoms with Gasteiger partial charge in [0.15, 0.2) is 11.6 Å².